The Hall–Kier alpha value is -1.71. The largest absolute Gasteiger partial charge is 0.481 e. The Bertz CT molecular complexity index is 327. The van der Waals surface area contributed by atoms with E-state index < -0.39 is 42.5 Å². The smallest absolute Gasteiger partial charge is 0.333 e. The lowest BCUT2D eigenvalue weighted by atomic mass is 9.98. The number of rotatable bonds is 9. The van der Waals surface area contributed by atoms with Gasteiger partial charge in [0.1, 0.15) is 5.92 Å². The molecule has 0 fully saturated rings. The molecule has 9 heteroatoms. The summed E-state index contributed by atoms with van der Waals surface area (Å²) >= 11 is 0. The van der Waals surface area contributed by atoms with Gasteiger partial charge < -0.3 is 30.3 Å². The van der Waals surface area contributed by atoms with E-state index >= 15 is 0 Å². The summed E-state index contributed by atoms with van der Waals surface area (Å²) in [6, 6.07) is 0. The number of hydrogen-bond acceptors (Lipinski definition) is 6. The van der Waals surface area contributed by atoms with Crippen LogP contribution in [0.1, 0.15) is 26.7 Å². The van der Waals surface area contributed by atoms with E-state index in [9.17, 15) is 14.4 Å². The Morgan fingerprint density at radius 2 is 1.57 bits per heavy atom. The average Bonchev–Trinajstić information content (AvgIpc) is 2.37. The highest BCUT2D eigenvalue weighted by molar-refractivity contribution is 5.85. The first kappa shape index (κ1) is 21.6. The molecule has 5 N–H and O–H groups in total. The van der Waals surface area contributed by atoms with Crippen molar-refractivity contribution in [3.63, 3.8) is 0 Å². The second-order valence-electron chi connectivity index (χ2n) is 4.20. The zero-order valence-corrected chi connectivity index (χ0v) is 11.9. The minimum atomic E-state index is -1.63. The molecule has 3 atom stereocenters. The van der Waals surface area contributed by atoms with Crippen molar-refractivity contribution in [3.05, 3.63) is 0 Å². The second-order valence-corrected chi connectivity index (χ2v) is 4.20. The van der Waals surface area contributed by atoms with Crippen LogP contribution in [0.25, 0.3) is 0 Å². The summed E-state index contributed by atoms with van der Waals surface area (Å²) in [5, 5.41) is 42.0. The summed E-state index contributed by atoms with van der Waals surface area (Å²) in [5.74, 6) is -5.92. The van der Waals surface area contributed by atoms with Crippen LogP contribution in [-0.2, 0) is 19.1 Å². The minimum absolute atomic E-state index is 0.0698. The molecule has 0 heterocycles. The van der Waals surface area contributed by atoms with Crippen molar-refractivity contribution in [3.8, 4) is 0 Å². The van der Waals surface area contributed by atoms with Gasteiger partial charge in [-0.3, -0.25) is 9.59 Å². The van der Waals surface area contributed by atoms with Crippen LogP contribution in [0.3, 0.4) is 0 Å². The lowest BCUT2D eigenvalue weighted by Crippen LogP contribution is -2.38. The molecule has 0 amide bonds. The normalized spacial score (nSPS) is 14.3. The van der Waals surface area contributed by atoms with Crippen LogP contribution < -0.4 is 0 Å². The molecule has 0 aliphatic heterocycles. The van der Waals surface area contributed by atoms with E-state index in [0.29, 0.717) is 6.42 Å². The first-order valence-electron chi connectivity index (χ1n) is 6.25. The van der Waals surface area contributed by atoms with E-state index in [1.807, 2.05) is 0 Å². The lowest BCUT2D eigenvalue weighted by molar-refractivity contribution is -0.166. The van der Waals surface area contributed by atoms with E-state index in [0.717, 1.165) is 0 Å². The van der Waals surface area contributed by atoms with Gasteiger partial charge in [0.15, 0.2) is 6.10 Å². The number of aliphatic hydroxyl groups excluding tert-OH is 2. The van der Waals surface area contributed by atoms with Crippen LogP contribution in [0.15, 0.2) is 0 Å². The standard InChI is InChI=1S/C9H14O7.C3H8O2/c1-2-3-16-7(9(14)15)5(8(12)13)4-6(10)11;1-3(5)2-4/h5,7H,2-4H2,1H3,(H,10,11)(H,12,13)(H,14,15);3-5H,2H2,1H3. The number of aliphatic hydroxyl groups is 2. The Balaban J connectivity index is 0. The highest BCUT2D eigenvalue weighted by Gasteiger charge is 2.36. The van der Waals surface area contributed by atoms with Gasteiger partial charge in [0.25, 0.3) is 0 Å². The molecule has 0 aromatic heterocycles. The molecule has 0 aliphatic rings. The van der Waals surface area contributed by atoms with Gasteiger partial charge in [-0.15, -0.1) is 0 Å². The zero-order valence-electron chi connectivity index (χ0n) is 11.9. The highest BCUT2D eigenvalue weighted by Crippen LogP contribution is 2.14. The summed E-state index contributed by atoms with van der Waals surface area (Å²) < 4.78 is 4.83. The van der Waals surface area contributed by atoms with Crippen molar-refractivity contribution in [2.45, 2.75) is 38.9 Å². The lowest BCUT2D eigenvalue weighted by Gasteiger charge is -2.18. The van der Waals surface area contributed by atoms with E-state index in [1.54, 1.807) is 6.92 Å². The molecule has 0 saturated heterocycles. The fraction of sp³-hybridized carbons (Fsp3) is 0.750. The van der Waals surface area contributed by atoms with Crippen molar-refractivity contribution in [2.75, 3.05) is 13.2 Å². The van der Waals surface area contributed by atoms with Crippen molar-refractivity contribution in [1.29, 1.82) is 0 Å². The number of carboxylic acids is 3. The highest BCUT2D eigenvalue weighted by atomic mass is 16.5. The maximum Gasteiger partial charge on any atom is 0.333 e. The Kier molecular flexibility index (Phi) is 12.4. The predicted molar refractivity (Wildman–Crippen MR) is 69.8 cm³/mol. The van der Waals surface area contributed by atoms with Gasteiger partial charge >= 0.3 is 17.9 Å². The second kappa shape index (κ2) is 12.1. The number of ether oxygens (including phenoxy) is 1. The van der Waals surface area contributed by atoms with Crippen molar-refractivity contribution in [2.24, 2.45) is 5.92 Å². The summed E-state index contributed by atoms with van der Waals surface area (Å²) in [6.45, 7) is 3.19. The first-order chi connectivity index (χ1) is 9.67. The van der Waals surface area contributed by atoms with Gasteiger partial charge in [-0.1, -0.05) is 6.92 Å². The number of carboxylic acid groups (broad SMARTS) is 3. The summed E-state index contributed by atoms with van der Waals surface area (Å²) in [7, 11) is 0. The summed E-state index contributed by atoms with van der Waals surface area (Å²) in [5.41, 5.74) is 0. The van der Waals surface area contributed by atoms with Crippen LogP contribution in [0.5, 0.6) is 0 Å². The average molecular weight is 310 g/mol. The van der Waals surface area contributed by atoms with Crippen LogP contribution in [0.4, 0.5) is 0 Å². The molecule has 0 saturated carbocycles. The molecular weight excluding hydrogens is 288 g/mol. The quantitative estimate of drug-likeness (QED) is 0.374. The van der Waals surface area contributed by atoms with Gasteiger partial charge in [0.05, 0.1) is 19.1 Å². The van der Waals surface area contributed by atoms with Gasteiger partial charge in [0, 0.05) is 6.61 Å². The third-order valence-corrected chi connectivity index (χ3v) is 2.09. The number of aliphatic carboxylic acids is 3. The molecule has 21 heavy (non-hydrogen) atoms. The minimum Gasteiger partial charge on any atom is -0.481 e. The van der Waals surface area contributed by atoms with Gasteiger partial charge in [0.2, 0.25) is 0 Å². The molecule has 0 spiro atoms. The van der Waals surface area contributed by atoms with Gasteiger partial charge in [-0.2, -0.15) is 0 Å². The molecule has 0 aliphatic carbocycles. The molecule has 0 radical (unpaired) electrons. The number of hydrogen-bond donors (Lipinski definition) is 5. The van der Waals surface area contributed by atoms with E-state index in [2.05, 4.69) is 0 Å². The third-order valence-electron chi connectivity index (χ3n) is 2.09. The maximum absolute atomic E-state index is 10.8. The van der Waals surface area contributed by atoms with Crippen molar-refractivity contribution in [1.82, 2.24) is 0 Å². The first-order valence-corrected chi connectivity index (χ1v) is 6.25. The van der Waals surface area contributed by atoms with Crippen molar-refractivity contribution >= 4 is 17.9 Å². The fourth-order valence-corrected chi connectivity index (χ4v) is 1.12. The zero-order chi connectivity index (χ0) is 17.0. The number of carbonyl (C=O) groups is 3. The fourth-order valence-electron chi connectivity index (χ4n) is 1.12. The topological polar surface area (TPSA) is 162 Å². The monoisotopic (exact) mass is 310 g/mol. The van der Waals surface area contributed by atoms with E-state index in [1.165, 1.54) is 6.92 Å². The molecule has 124 valence electrons. The Morgan fingerprint density at radius 3 is 1.81 bits per heavy atom. The van der Waals surface area contributed by atoms with Crippen LogP contribution in [-0.4, -0.2) is 68.9 Å². The molecule has 0 rings (SSSR count). The van der Waals surface area contributed by atoms with Crippen LogP contribution in [0.2, 0.25) is 0 Å². The van der Waals surface area contributed by atoms with Gasteiger partial charge in [-0.25, -0.2) is 4.79 Å². The Labute approximate surface area is 121 Å². The third kappa shape index (κ3) is 11.8. The Morgan fingerprint density at radius 1 is 1.10 bits per heavy atom. The van der Waals surface area contributed by atoms with E-state index in [-0.39, 0.29) is 13.2 Å². The SMILES string of the molecule is CC(O)CO.CCCOC(C(=O)O)C(CC(=O)O)C(=O)O. The van der Waals surface area contributed by atoms with Gasteiger partial charge in [-0.05, 0) is 13.3 Å². The molecular formula is C12H22O9. The molecule has 3 unspecified atom stereocenters. The summed E-state index contributed by atoms with van der Waals surface area (Å²) in [4.78, 5) is 31.9. The van der Waals surface area contributed by atoms with Crippen LogP contribution >= 0.6 is 0 Å². The van der Waals surface area contributed by atoms with E-state index in [4.69, 9.17) is 30.3 Å². The predicted octanol–water partition coefficient (Wildman–Crippen LogP) is -0.599. The molecule has 9 nitrogen and oxygen atoms in total. The van der Waals surface area contributed by atoms with Crippen LogP contribution in [0, 0.1) is 5.92 Å². The molecule has 0 bridgehead atoms. The van der Waals surface area contributed by atoms with Crippen molar-refractivity contribution < 1.29 is 44.7 Å². The maximum atomic E-state index is 10.8. The molecule has 0 aromatic carbocycles. The molecule has 0 aromatic rings. The summed E-state index contributed by atoms with van der Waals surface area (Å²) in [6.07, 6.45) is -2.46.